The largest absolute Gasteiger partial charge is 0.449 e. The van der Waals surface area contributed by atoms with E-state index in [1.54, 1.807) is 13.8 Å². The number of hydrogen-bond donors (Lipinski definition) is 1. The first-order valence-corrected chi connectivity index (χ1v) is 5.67. The van der Waals surface area contributed by atoms with Crippen molar-refractivity contribution in [1.82, 2.24) is 4.72 Å². The molecule has 0 fully saturated rings. The first-order valence-electron chi connectivity index (χ1n) is 4.12. The third kappa shape index (κ3) is 4.12. The van der Waals surface area contributed by atoms with Crippen LogP contribution in [0.5, 0.6) is 0 Å². The summed E-state index contributed by atoms with van der Waals surface area (Å²) in [6.45, 7) is 5.02. The fourth-order valence-corrected chi connectivity index (χ4v) is 1.53. The molecule has 0 saturated carbocycles. The van der Waals surface area contributed by atoms with Gasteiger partial charge in [0.2, 0.25) is 10.0 Å². The molecule has 0 aromatic rings. The van der Waals surface area contributed by atoms with E-state index >= 15 is 0 Å². The van der Waals surface area contributed by atoms with Crippen molar-refractivity contribution in [3.8, 4) is 0 Å². The lowest BCUT2D eigenvalue weighted by Gasteiger charge is -2.10. The van der Waals surface area contributed by atoms with E-state index in [1.807, 2.05) is 4.72 Å². The molecule has 6 heteroatoms. The summed E-state index contributed by atoms with van der Waals surface area (Å²) in [7, 11) is -3.56. The Labute approximate surface area is 78.5 Å². The van der Waals surface area contributed by atoms with Crippen molar-refractivity contribution in [3.05, 3.63) is 0 Å². The second kappa shape index (κ2) is 5.06. The molecule has 1 unspecified atom stereocenters. The maximum atomic E-state index is 11.2. The number of rotatable bonds is 4. The van der Waals surface area contributed by atoms with E-state index in [4.69, 9.17) is 0 Å². The summed E-state index contributed by atoms with van der Waals surface area (Å²) >= 11 is 0. The molecule has 1 atom stereocenters. The molecule has 13 heavy (non-hydrogen) atoms. The smallest absolute Gasteiger partial charge is 0.420 e. The molecular formula is C7H15NO4S. The lowest BCUT2D eigenvalue weighted by atomic mass is 10.4. The molecule has 0 aliphatic heterocycles. The summed E-state index contributed by atoms with van der Waals surface area (Å²) in [6.07, 6.45) is -0.461. The minimum atomic E-state index is -3.56. The highest BCUT2D eigenvalue weighted by Crippen LogP contribution is 2.02. The molecule has 78 valence electrons. The molecule has 0 aliphatic carbocycles. The van der Waals surface area contributed by atoms with Crippen molar-refractivity contribution in [2.75, 3.05) is 6.61 Å². The van der Waals surface area contributed by atoms with Crippen LogP contribution in [0.2, 0.25) is 0 Å². The second-order valence-corrected chi connectivity index (χ2v) is 4.69. The van der Waals surface area contributed by atoms with E-state index in [1.165, 1.54) is 6.92 Å². The van der Waals surface area contributed by atoms with Gasteiger partial charge in [-0.3, -0.25) is 0 Å². The van der Waals surface area contributed by atoms with E-state index in [0.717, 1.165) is 0 Å². The predicted octanol–water partition coefficient (Wildman–Crippen LogP) is 0.861. The summed E-state index contributed by atoms with van der Waals surface area (Å²) in [6, 6.07) is 0. The molecule has 0 rings (SSSR count). The van der Waals surface area contributed by atoms with Crippen LogP contribution < -0.4 is 4.72 Å². The maximum Gasteiger partial charge on any atom is 0.420 e. The van der Waals surface area contributed by atoms with Crippen LogP contribution in [0.25, 0.3) is 0 Å². The van der Waals surface area contributed by atoms with E-state index < -0.39 is 21.4 Å². The molecule has 0 spiro atoms. The molecule has 1 amide bonds. The number of ether oxygens (including phenoxy) is 1. The minimum absolute atomic E-state index is 0.155. The standard InChI is InChI=1S/C7H15NO4S/c1-4-6(3)13(10,11)8-7(9)12-5-2/h6H,4-5H2,1-3H3,(H,8,9). The third-order valence-electron chi connectivity index (χ3n) is 1.61. The normalized spacial score (nSPS) is 13.5. The number of carbonyl (C=O) groups excluding carboxylic acids is 1. The monoisotopic (exact) mass is 209 g/mol. The highest BCUT2D eigenvalue weighted by atomic mass is 32.2. The summed E-state index contributed by atoms with van der Waals surface area (Å²) in [5, 5.41) is -0.586. The molecule has 0 saturated heterocycles. The van der Waals surface area contributed by atoms with Gasteiger partial charge in [0, 0.05) is 0 Å². The number of amides is 1. The van der Waals surface area contributed by atoms with Gasteiger partial charge in [-0.25, -0.2) is 17.9 Å². The highest BCUT2D eigenvalue weighted by Gasteiger charge is 2.21. The van der Waals surface area contributed by atoms with Crippen molar-refractivity contribution in [2.24, 2.45) is 0 Å². The first-order chi connectivity index (χ1) is 5.94. The van der Waals surface area contributed by atoms with Crippen molar-refractivity contribution < 1.29 is 17.9 Å². The summed E-state index contributed by atoms with van der Waals surface area (Å²) in [5.41, 5.74) is 0. The minimum Gasteiger partial charge on any atom is -0.449 e. The number of hydrogen-bond acceptors (Lipinski definition) is 4. The molecule has 1 N–H and O–H groups in total. The van der Waals surface area contributed by atoms with Gasteiger partial charge in [0.05, 0.1) is 11.9 Å². The van der Waals surface area contributed by atoms with Gasteiger partial charge in [-0.05, 0) is 20.3 Å². The quantitative estimate of drug-likeness (QED) is 0.745. The molecule has 0 heterocycles. The molecule has 0 aromatic carbocycles. The van der Waals surface area contributed by atoms with Crippen LogP contribution >= 0.6 is 0 Å². The van der Waals surface area contributed by atoms with Crippen LogP contribution in [0.3, 0.4) is 0 Å². The number of carbonyl (C=O) groups is 1. The summed E-state index contributed by atoms with van der Waals surface area (Å²) < 4.78 is 28.7. The van der Waals surface area contributed by atoms with Gasteiger partial charge < -0.3 is 4.74 Å². The Morgan fingerprint density at radius 3 is 2.38 bits per heavy atom. The Morgan fingerprint density at radius 1 is 1.46 bits per heavy atom. The highest BCUT2D eigenvalue weighted by molar-refractivity contribution is 7.90. The van der Waals surface area contributed by atoms with Crippen LogP contribution in [0.15, 0.2) is 0 Å². The van der Waals surface area contributed by atoms with Crippen molar-refractivity contribution >= 4 is 16.1 Å². The Hall–Kier alpha value is -0.780. The topological polar surface area (TPSA) is 72.5 Å². The third-order valence-corrected chi connectivity index (χ3v) is 3.45. The maximum absolute atomic E-state index is 11.2. The predicted molar refractivity (Wildman–Crippen MR) is 48.8 cm³/mol. The summed E-state index contributed by atoms with van der Waals surface area (Å²) in [4.78, 5) is 10.8. The van der Waals surface area contributed by atoms with Crippen molar-refractivity contribution in [1.29, 1.82) is 0 Å². The number of nitrogens with one attached hydrogen (secondary N) is 1. The average Bonchev–Trinajstić information content (AvgIpc) is 2.02. The second-order valence-electron chi connectivity index (χ2n) is 2.59. The van der Waals surface area contributed by atoms with E-state index in [9.17, 15) is 13.2 Å². The average molecular weight is 209 g/mol. The zero-order valence-corrected chi connectivity index (χ0v) is 8.85. The zero-order valence-electron chi connectivity index (χ0n) is 8.03. The molecule has 0 aromatic heterocycles. The van der Waals surface area contributed by atoms with Crippen LogP contribution in [0.1, 0.15) is 27.2 Å². The van der Waals surface area contributed by atoms with Gasteiger partial charge in [0.1, 0.15) is 0 Å². The Balaban J connectivity index is 4.26. The first kappa shape index (κ1) is 12.2. The van der Waals surface area contributed by atoms with Crippen molar-refractivity contribution in [2.45, 2.75) is 32.4 Å². The van der Waals surface area contributed by atoms with E-state index in [-0.39, 0.29) is 6.61 Å². The Bertz CT molecular complexity index is 260. The lowest BCUT2D eigenvalue weighted by molar-refractivity contribution is 0.158. The lowest BCUT2D eigenvalue weighted by Crippen LogP contribution is -2.37. The molecule has 0 bridgehead atoms. The number of sulfonamides is 1. The van der Waals surface area contributed by atoms with Gasteiger partial charge in [-0.1, -0.05) is 6.92 Å². The Morgan fingerprint density at radius 2 is 2.00 bits per heavy atom. The molecular weight excluding hydrogens is 194 g/mol. The van der Waals surface area contributed by atoms with Gasteiger partial charge in [0.25, 0.3) is 0 Å². The van der Waals surface area contributed by atoms with Crippen LogP contribution in [0, 0.1) is 0 Å². The fraction of sp³-hybridized carbons (Fsp3) is 0.857. The Kier molecular flexibility index (Phi) is 4.76. The zero-order chi connectivity index (χ0) is 10.5. The van der Waals surface area contributed by atoms with Crippen LogP contribution in [-0.2, 0) is 14.8 Å². The van der Waals surface area contributed by atoms with Crippen LogP contribution in [0.4, 0.5) is 4.79 Å². The fourth-order valence-electron chi connectivity index (χ4n) is 0.597. The van der Waals surface area contributed by atoms with Crippen LogP contribution in [-0.4, -0.2) is 26.4 Å². The SMILES string of the molecule is CCOC(=O)NS(=O)(=O)C(C)CC. The van der Waals surface area contributed by atoms with Gasteiger partial charge >= 0.3 is 6.09 Å². The van der Waals surface area contributed by atoms with Gasteiger partial charge in [-0.15, -0.1) is 0 Å². The molecule has 0 radical (unpaired) electrons. The molecule has 5 nitrogen and oxygen atoms in total. The summed E-state index contributed by atoms with van der Waals surface area (Å²) in [5.74, 6) is 0. The molecule has 0 aliphatic rings. The van der Waals surface area contributed by atoms with Crippen molar-refractivity contribution in [3.63, 3.8) is 0 Å². The van der Waals surface area contributed by atoms with Gasteiger partial charge in [0.15, 0.2) is 0 Å². The van der Waals surface area contributed by atoms with Gasteiger partial charge in [-0.2, -0.15) is 0 Å². The van der Waals surface area contributed by atoms with E-state index in [0.29, 0.717) is 6.42 Å². The van der Waals surface area contributed by atoms with E-state index in [2.05, 4.69) is 4.74 Å².